The van der Waals surface area contributed by atoms with Crippen LogP contribution in [0.2, 0.25) is 0 Å². The minimum absolute atomic E-state index is 0.390. The van der Waals surface area contributed by atoms with Gasteiger partial charge in [0.1, 0.15) is 23.2 Å². The van der Waals surface area contributed by atoms with Gasteiger partial charge in [-0.1, -0.05) is 12.1 Å². The van der Waals surface area contributed by atoms with Crippen LogP contribution >= 0.6 is 0 Å². The Kier molecular flexibility index (Phi) is 3.81. The highest BCUT2D eigenvalue weighted by Crippen LogP contribution is 2.28. The summed E-state index contributed by atoms with van der Waals surface area (Å²) in [6.45, 7) is 0.575. The van der Waals surface area contributed by atoms with Crippen LogP contribution in [0, 0.1) is 11.3 Å². The molecule has 0 saturated heterocycles. The van der Waals surface area contributed by atoms with Gasteiger partial charge in [0.05, 0.1) is 17.9 Å². The van der Waals surface area contributed by atoms with Crippen molar-refractivity contribution in [1.82, 2.24) is 19.9 Å². The Morgan fingerprint density at radius 2 is 2.04 bits per heavy atom. The van der Waals surface area contributed by atoms with Gasteiger partial charge in [-0.05, 0) is 36.4 Å². The number of nitrogens with zero attached hydrogens (tertiary/aromatic N) is 4. The highest BCUT2D eigenvalue weighted by Gasteiger charge is 2.10. The average molecular weight is 326 g/mol. The first kappa shape index (κ1) is 14.8. The van der Waals surface area contributed by atoms with Gasteiger partial charge in [-0.3, -0.25) is 4.98 Å². The first-order valence-corrected chi connectivity index (χ1v) is 7.83. The van der Waals surface area contributed by atoms with E-state index in [-0.39, 0.29) is 0 Å². The molecule has 6 heteroatoms. The lowest BCUT2D eigenvalue weighted by Gasteiger charge is -2.09. The fraction of sp³-hybridized carbons (Fsp3) is 0.0526. The summed E-state index contributed by atoms with van der Waals surface area (Å²) in [7, 11) is 0. The van der Waals surface area contributed by atoms with Gasteiger partial charge in [0.25, 0.3) is 0 Å². The van der Waals surface area contributed by atoms with Crippen LogP contribution in [0.1, 0.15) is 11.4 Å². The molecule has 4 heterocycles. The fourth-order valence-electron chi connectivity index (χ4n) is 2.67. The topological polar surface area (TPSA) is 90.3 Å². The van der Waals surface area contributed by atoms with Gasteiger partial charge < -0.3 is 10.3 Å². The number of aromatic nitrogens is 4. The molecule has 4 rings (SSSR count). The van der Waals surface area contributed by atoms with Crippen molar-refractivity contribution < 1.29 is 0 Å². The van der Waals surface area contributed by atoms with E-state index in [2.05, 4.69) is 31.3 Å². The van der Waals surface area contributed by atoms with E-state index in [4.69, 9.17) is 5.26 Å². The highest BCUT2D eigenvalue weighted by atomic mass is 15.0. The van der Waals surface area contributed by atoms with Crippen molar-refractivity contribution in [3.63, 3.8) is 0 Å². The molecule has 2 N–H and O–H groups in total. The number of hydrogen-bond acceptors (Lipinski definition) is 5. The molecule has 4 aromatic rings. The average Bonchev–Trinajstić information content (AvgIpc) is 3.15. The third-order valence-electron chi connectivity index (χ3n) is 3.85. The number of nitriles is 1. The van der Waals surface area contributed by atoms with E-state index in [1.165, 1.54) is 0 Å². The normalized spacial score (nSPS) is 10.5. The van der Waals surface area contributed by atoms with E-state index < -0.39 is 0 Å². The van der Waals surface area contributed by atoms with E-state index in [0.29, 0.717) is 12.2 Å². The number of anilines is 1. The second kappa shape index (κ2) is 6.42. The number of aromatic amines is 1. The number of fused-ring (bicyclic) bond motifs is 1. The summed E-state index contributed by atoms with van der Waals surface area (Å²) in [6, 6.07) is 17.2. The summed E-state index contributed by atoms with van der Waals surface area (Å²) in [5.74, 6) is 0.722. The van der Waals surface area contributed by atoms with Gasteiger partial charge in [-0.15, -0.1) is 0 Å². The lowest BCUT2D eigenvalue weighted by molar-refractivity contribution is 1.03. The molecule has 0 aliphatic carbocycles. The standard InChI is InChI=1S/C19H14N6/c20-11-13-5-3-6-17(24-13)16-10-18(25-19-15(16)7-9-22-19)23-12-14-4-1-2-8-21-14/h1-10H,12H2,(H2,22,23,25). The maximum atomic E-state index is 9.10. The zero-order chi connectivity index (χ0) is 17.1. The summed E-state index contributed by atoms with van der Waals surface area (Å²) < 4.78 is 0. The molecule has 0 unspecified atom stereocenters. The van der Waals surface area contributed by atoms with Crippen LogP contribution in [0.3, 0.4) is 0 Å². The second-order valence-corrected chi connectivity index (χ2v) is 5.49. The molecule has 0 fully saturated rings. The molecule has 0 aliphatic heterocycles. The summed E-state index contributed by atoms with van der Waals surface area (Å²) in [5.41, 5.74) is 3.76. The lowest BCUT2D eigenvalue weighted by Crippen LogP contribution is -2.03. The summed E-state index contributed by atoms with van der Waals surface area (Å²) >= 11 is 0. The monoisotopic (exact) mass is 326 g/mol. The maximum Gasteiger partial charge on any atom is 0.141 e. The highest BCUT2D eigenvalue weighted by molar-refractivity contribution is 5.93. The van der Waals surface area contributed by atoms with Crippen LogP contribution in [0.4, 0.5) is 5.82 Å². The van der Waals surface area contributed by atoms with Crippen molar-refractivity contribution in [2.45, 2.75) is 6.54 Å². The number of H-pyrrole nitrogens is 1. The Morgan fingerprint density at radius 3 is 2.88 bits per heavy atom. The molecule has 0 bridgehead atoms. The van der Waals surface area contributed by atoms with Crippen LogP contribution in [-0.4, -0.2) is 19.9 Å². The molecule has 0 spiro atoms. The van der Waals surface area contributed by atoms with Gasteiger partial charge in [0.2, 0.25) is 0 Å². The summed E-state index contributed by atoms with van der Waals surface area (Å²) in [5, 5.41) is 13.4. The van der Waals surface area contributed by atoms with Crippen molar-refractivity contribution in [2.24, 2.45) is 0 Å². The number of rotatable bonds is 4. The minimum atomic E-state index is 0.390. The van der Waals surface area contributed by atoms with Gasteiger partial charge in [0, 0.05) is 23.3 Å². The molecular weight excluding hydrogens is 312 g/mol. The van der Waals surface area contributed by atoms with E-state index >= 15 is 0 Å². The Bertz CT molecular complexity index is 1060. The van der Waals surface area contributed by atoms with Crippen LogP contribution in [0.5, 0.6) is 0 Å². The summed E-state index contributed by atoms with van der Waals surface area (Å²) in [4.78, 5) is 16.4. The van der Waals surface area contributed by atoms with Gasteiger partial charge in [0.15, 0.2) is 0 Å². The Labute approximate surface area is 144 Å². The molecule has 0 saturated carbocycles. The van der Waals surface area contributed by atoms with Gasteiger partial charge in [-0.25, -0.2) is 9.97 Å². The predicted octanol–water partition coefficient (Wildman–Crippen LogP) is 3.50. The molecule has 0 aliphatic rings. The SMILES string of the molecule is N#Cc1cccc(-c2cc(NCc3ccccn3)nc3[nH]ccc23)n1. The van der Waals surface area contributed by atoms with E-state index in [1.807, 2.05) is 48.7 Å². The first-order chi connectivity index (χ1) is 12.3. The predicted molar refractivity (Wildman–Crippen MR) is 95.6 cm³/mol. The fourth-order valence-corrected chi connectivity index (χ4v) is 2.67. The zero-order valence-electron chi connectivity index (χ0n) is 13.3. The summed E-state index contributed by atoms with van der Waals surface area (Å²) in [6.07, 6.45) is 3.61. The van der Waals surface area contributed by atoms with Crippen molar-refractivity contribution >= 4 is 16.9 Å². The minimum Gasteiger partial charge on any atom is -0.364 e. The van der Waals surface area contributed by atoms with Crippen molar-refractivity contribution in [2.75, 3.05) is 5.32 Å². The van der Waals surface area contributed by atoms with Crippen molar-refractivity contribution in [3.05, 3.63) is 72.3 Å². The largest absolute Gasteiger partial charge is 0.364 e. The molecule has 0 amide bonds. The van der Waals surface area contributed by atoms with E-state index in [0.717, 1.165) is 33.8 Å². The Hall–Kier alpha value is -3.72. The van der Waals surface area contributed by atoms with Crippen molar-refractivity contribution in [1.29, 1.82) is 5.26 Å². The molecule has 4 aromatic heterocycles. The number of pyridine rings is 3. The molecule has 6 nitrogen and oxygen atoms in total. The molecule has 0 atom stereocenters. The van der Waals surface area contributed by atoms with Gasteiger partial charge in [-0.2, -0.15) is 5.26 Å². The molecular formula is C19H14N6. The van der Waals surface area contributed by atoms with Crippen LogP contribution in [0.15, 0.2) is 60.9 Å². The molecule has 25 heavy (non-hydrogen) atoms. The van der Waals surface area contributed by atoms with E-state index in [1.54, 1.807) is 12.3 Å². The van der Waals surface area contributed by atoms with Gasteiger partial charge >= 0.3 is 0 Å². The van der Waals surface area contributed by atoms with Crippen LogP contribution < -0.4 is 5.32 Å². The van der Waals surface area contributed by atoms with Crippen LogP contribution in [-0.2, 0) is 6.54 Å². The third-order valence-corrected chi connectivity index (χ3v) is 3.85. The smallest absolute Gasteiger partial charge is 0.141 e. The van der Waals surface area contributed by atoms with Crippen molar-refractivity contribution in [3.8, 4) is 17.3 Å². The van der Waals surface area contributed by atoms with E-state index in [9.17, 15) is 0 Å². The Morgan fingerprint density at radius 1 is 1.08 bits per heavy atom. The number of nitrogens with one attached hydrogen (secondary N) is 2. The molecule has 120 valence electrons. The molecule has 0 radical (unpaired) electrons. The number of hydrogen-bond donors (Lipinski definition) is 2. The lowest BCUT2D eigenvalue weighted by atomic mass is 10.1. The second-order valence-electron chi connectivity index (χ2n) is 5.49. The third kappa shape index (κ3) is 3.03. The zero-order valence-corrected chi connectivity index (χ0v) is 13.3. The Balaban J connectivity index is 1.73. The quantitative estimate of drug-likeness (QED) is 0.599. The van der Waals surface area contributed by atoms with Crippen LogP contribution in [0.25, 0.3) is 22.3 Å². The molecule has 0 aromatic carbocycles. The first-order valence-electron chi connectivity index (χ1n) is 7.83. The maximum absolute atomic E-state index is 9.10.